The molecule has 0 aliphatic rings. The fourth-order valence-electron chi connectivity index (χ4n) is 1.75. The van der Waals surface area contributed by atoms with Gasteiger partial charge in [-0.1, -0.05) is 24.3 Å². The minimum atomic E-state index is -1.01. The van der Waals surface area contributed by atoms with E-state index in [2.05, 4.69) is 35.1 Å². The summed E-state index contributed by atoms with van der Waals surface area (Å²) in [5.74, 6) is 0.0525. The maximum atomic E-state index is 11.8. The quantitative estimate of drug-likeness (QED) is 0.876. The molecule has 0 spiro atoms. The van der Waals surface area contributed by atoms with Crippen LogP contribution in [0, 0.1) is 17.2 Å². The van der Waals surface area contributed by atoms with Crippen molar-refractivity contribution in [3.63, 3.8) is 0 Å². The van der Waals surface area contributed by atoms with E-state index >= 15 is 0 Å². The summed E-state index contributed by atoms with van der Waals surface area (Å²) in [6, 6.07) is 10.6. The van der Waals surface area contributed by atoms with Crippen molar-refractivity contribution in [1.29, 1.82) is 5.26 Å². The number of rotatable bonds is 6. The minimum Gasteiger partial charge on any atom is -0.242 e. The molecule has 20 heavy (non-hydrogen) atoms. The van der Waals surface area contributed by atoms with Crippen LogP contribution < -0.4 is 4.72 Å². The molecule has 3 nitrogen and oxygen atoms in total. The average molecular weight is 292 g/mol. The van der Waals surface area contributed by atoms with Gasteiger partial charge in [0.1, 0.15) is 0 Å². The third-order valence-corrected chi connectivity index (χ3v) is 4.57. The maximum absolute atomic E-state index is 11.8. The van der Waals surface area contributed by atoms with Gasteiger partial charge < -0.3 is 0 Å². The average Bonchev–Trinajstić information content (AvgIpc) is 2.39. The Kier molecular flexibility index (Phi) is 6.38. The number of nitrogens with one attached hydrogen (secondary N) is 1. The highest BCUT2D eigenvalue weighted by molar-refractivity contribution is 7.84. The lowest BCUT2D eigenvalue weighted by molar-refractivity contribution is 0.635. The molecule has 110 valence electrons. The smallest absolute Gasteiger partial charge is 0.0970 e. The van der Waals surface area contributed by atoms with Crippen molar-refractivity contribution < 1.29 is 4.21 Å². The largest absolute Gasteiger partial charge is 0.242 e. The van der Waals surface area contributed by atoms with Gasteiger partial charge in [0, 0.05) is 12.5 Å². The first-order chi connectivity index (χ1) is 9.32. The second kappa shape index (κ2) is 7.56. The first kappa shape index (κ1) is 16.9. The van der Waals surface area contributed by atoms with Gasteiger partial charge in [0.2, 0.25) is 0 Å². The summed E-state index contributed by atoms with van der Waals surface area (Å²) < 4.78 is 14.7. The monoisotopic (exact) mass is 292 g/mol. The molecule has 4 heteroatoms. The van der Waals surface area contributed by atoms with Crippen molar-refractivity contribution in [2.45, 2.75) is 45.3 Å². The van der Waals surface area contributed by atoms with Gasteiger partial charge in [-0.05, 0) is 51.7 Å². The third kappa shape index (κ3) is 5.85. The van der Waals surface area contributed by atoms with E-state index in [9.17, 15) is 4.21 Å². The van der Waals surface area contributed by atoms with Crippen LogP contribution in [0.4, 0.5) is 0 Å². The minimum absolute atomic E-state index is 0.0525. The van der Waals surface area contributed by atoms with Crippen molar-refractivity contribution in [1.82, 2.24) is 4.72 Å². The van der Waals surface area contributed by atoms with Crippen LogP contribution in [0.15, 0.2) is 24.3 Å². The molecule has 0 bridgehead atoms. The van der Waals surface area contributed by atoms with E-state index in [0.29, 0.717) is 6.54 Å². The van der Waals surface area contributed by atoms with E-state index in [1.54, 1.807) is 0 Å². The third-order valence-electron chi connectivity index (χ3n) is 2.99. The van der Waals surface area contributed by atoms with E-state index in [1.165, 1.54) is 11.1 Å². The topological polar surface area (TPSA) is 52.9 Å². The molecule has 0 aromatic heterocycles. The van der Waals surface area contributed by atoms with Crippen LogP contribution in [0.2, 0.25) is 0 Å². The van der Waals surface area contributed by atoms with E-state index in [0.717, 1.165) is 12.8 Å². The van der Waals surface area contributed by atoms with Gasteiger partial charge in [0.25, 0.3) is 0 Å². The summed E-state index contributed by atoms with van der Waals surface area (Å²) in [6.07, 6.45) is 1.65. The predicted octanol–water partition coefficient (Wildman–Crippen LogP) is 2.98. The van der Waals surface area contributed by atoms with Crippen LogP contribution in [-0.4, -0.2) is 15.5 Å². The highest BCUT2D eigenvalue weighted by atomic mass is 32.2. The standard InChI is InChI=1S/C16H24N2OS/c1-13(12-17)11-15-7-5-14(6-8-15)9-10-18-20(19)16(2,3)4/h5-8,13,18H,9-11H2,1-4H3. The van der Waals surface area contributed by atoms with Gasteiger partial charge in [-0.15, -0.1) is 0 Å². The van der Waals surface area contributed by atoms with Gasteiger partial charge in [0.05, 0.1) is 21.8 Å². The van der Waals surface area contributed by atoms with Crippen molar-refractivity contribution in [2.75, 3.05) is 6.54 Å². The van der Waals surface area contributed by atoms with Gasteiger partial charge in [-0.3, -0.25) is 0 Å². The molecule has 0 heterocycles. The molecule has 1 rings (SSSR count). The Labute approximate surface area is 125 Å². The molecule has 0 fully saturated rings. The number of benzene rings is 1. The summed E-state index contributed by atoms with van der Waals surface area (Å²) in [4.78, 5) is 0. The molecule has 0 amide bonds. The lowest BCUT2D eigenvalue weighted by Gasteiger charge is -2.18. The van der Waals surface area contributed by atoms with Crippen LogP contribution >= 0.6 is 0 Å². The van der Waals surface area contributed by atoms with Crippen LogP contribution in [0.3, 0.4) is 0 Å². The summed E-state index contributed by atoms with van der Waals surface area (Å²) in [6.45, 7) is 8.52. The maximum Gasteiger partial charge on any atom is 0.0970 e. The van der Waals surface area contributed by atoms with Gasteiger partial charge in [-0.2, -0.15) is 5.26 Å². The molecule has 0 aliphatic carbocycles. The zero-order valence-electron chi connectivity index (χ0n) is 12.8. The van der Waals surface area contributed by atoms with Crippen molar-refractivity contribution in [3.05, 3.63) is 35.4 Å². The van der Waals surface area contributed by atoms with Gasteiger partial charge in [0.15, 0.2) is 0 Å². The zero-order chi connectivity index (χ0) is 15.2. The fourth-order valence-corrected chi connectivity index (χ4v) is 2.47. The van der Waals surface area contributed by atoms with Crippen LogP contribution in [0.25, 0.3) is 0 Å². The molecular weight excluding hydrogens is 268 g/mol. The van der Waals surface area contributed by atoms with Crippen molar-refractivity contribution in [3.8, 4) is 6.07 Å². The second-order valence-electron chi connectivity index (χ2n) is 6.08. The molecule has 0 aliphatic heterocycles. The Morgan fingerprint density at radius 1 is 1.25 bits per heavy atom. The first-order valence-electron chi connectivity index (χ1n) is 6.95. The molecule has 0 radical (unpaired) electrons. The normalized spacial score (nSPS) is 14.6. The molecule has 1 aromatic rings. The second-order valence-corrected chi connectivity index (χ2v) is 8.13. The Balaban J connectivity index is 2.43. The number of nitrogens with zero attached hydrogens (tertiary/aromatic N) is 1. The van der Waals surface area contributed by atoms with Crippen molar-refractivity contribution >= 4 is 11.0 Å². The summed E-state index contributed by atoms with van der Waals surface area (Å²) in [7, 11) is -1.01. The lowest BCUT2D eigenvalue weighted by Crippen LogP contribution is -2.34. The summed E-state index contributed by atoms with van der Waals surface area (Å²) in [5.41, 5.74) is 2.41. The number of nitriles is 1. The molecule has 1 N–H and O–H groups in total. The fraction of sp³-hybridized carbons (Fsp3) is 0.562. The summed E-state index contributed by atoms with van der Waals surface area (Å²) in [5, 5.41) is 8.80. The Hall–Kier alpha value is -1.18. The molecule has 2 unspecified atom stereocenters. The predicted molar refractivity (Wildman–Crippen MR) is 84.5 cm³/mol. The highest BCUT2D eigenvalue weighted by Crippen LogP contribution is 2.11. The Morgan fingerprint density at radius 3 is 2.30 bits per heavy atom. The van der Waals surface area contributed by atoms with Crippen molar-refractivity contribution in [2.24, 2.45) is 5.92 Å². The van der Waals surface area contributed by atoms with E-state index in [4.69, 9.17) is 5.26 Å². The number of hydrogen-bond donors (Lipinski definition) is 1. The lowest BCUT2D eigenvalue weighted by atomic mass is 10.0. The van der Waals surface area contributed by atoms with E-state index < -0.39 is 11.0 Å². The van der Waals surface area contributed by atoms with E-state index in [1.807, 2.05) is 27.7 Å². The van der Waals surface area contributed by atoms with Crippen LogP contribution in [0.1, 0.15) is 38.8 Å². The van der Waals surface area contributed by atoms with E-state index in [-0.39, 0.29) is 10.7 Å². The molecule has 2 atom stereocenters. The molecule has 0 saturated carbocycles. The van der Waals surface area contributed by atoms with Gasteiger partial charge >= 0.3 is 0 Å². The number of hydrogen-bond acceptors (Lipinski definition) is 2. The summed E-state index contributed by atoms with van der Waals surface area (Å²) >= 11 is 0. The molecule has 0 saturated heterocycles. The Bertz CT molecular complexity index is 483. The van der Waals surface area contributed by atoms with Crippen LogP contribution in [0.5, 0.6) is 0 Å². The highest BCUT2D eigenvalue weighted by Gasteiger charge is 2.18. The van der Waals surface area contributed by atoms with Crippen LogP contribution in [-0.2, 0) is 23.8 Å². The zero-order valence-corrected chi connectivity index (χ0v) is 13.6. The molecular formula is C16H24N2OS. The Morgan fingerprint density at radius 2 is 1.80 bits per heavy atom. The van der Waals surface area contributed by atoms with Gasteiger partial charge in [-0.25, -0.2) is 8.93 Å². The SMILES string of the molecule is CC(C#N)Cc1ccc(CCNS(=O)C(C)(C)C)cc1. The first-order valence-corrected chi connectivity index (χ1v) is 8.10. The molecule has 1 aromatic carbocycles.